The lowest BCUT2D eigenvalue weighted by Gasteiger charge is -2.38. The van der Waals surface area contributed by atoms with Crippen molar-refractivity contribution in [3.8, 4) is 0 Å². The van der Waals surface area contributed by atoms with E-state index in [4.69, 9.17) is 0 Å². The van der Waals surface area contributed by atoms with Gasteiger partial charge < -0.3 is 0 Å². The van der Waals surface area contributed by atoms with Crippen LogP contribution in [0.1, 0.15) is 129 Å². The van der Waals surface area contributed by atoms with E-state index in [0.717, 1.165) is 23.7 Å². The lowest BCUT2D eigenvalue weighted by Crippen LogP contribution is -2.26. The van der Waals surface area contributed by atoms with Crippen molar-refractivity contribution in [3.63, 3.8) is 0 Å². The van der Waals surface area contributed by atoms with Crippen molar-refractivity contribution in [2.45, 2.75) is 129 Å². The van der Waals surface area contributed by atoms with Crippen molar-refractivity contribution in [2.24, 2.45) is 23.7 Å². The van der Waals surface area contributed by atoms with Crippen LogP contribution in [-0.2, 0) is 0 Å². The molecule has 0 heteroatoms. The standard InChI is InChI=1S/C24H46/c1-3-5-7-8-10-12-21-16-18-23(19-17-21)24-15-11-14-22(20-24)13-9-6-4-2/h21-24H,3-20H2,1-2H3. The van der Waals surface area contributed by atoms with Crippen molar-refractivity contribution in [2.75, 3.05) is 0 Å². The fraction of sp³-hybridized carbons (Fsp3) is 1.00. The van der Waals surface area contributed by atoms with Gasteiger partial charge in [0.05, 0.1) is 0 Å². The van der Waals surface area contributed by atoms with E-state index in [-0.39, 0.29) is 0 Å². The molecular formula is C24H46. The van der Waals surface area contributed by atoms with Crippen LogP contribution in [0.2, 0.25) is 0 Å². The van der Waals surface area contributed by atoms with Crippen molar-refractivity contribution in [1.29, 1.82) is 0 Å². The fourth-order valence-electron chi connectivity index (χ4n) is 5.69. The normalized spacial score (nSPS) is 31.2. The van der Waals surface area contributed by atoms with Gasteiger partial charge in [0.1, 0.15) is 0 Å². The van der Waals surface area contributed by atoms with Crippen LogP contribution < -0.4 is 0 Å². The molecule has 0 heterocycles. The van der Waals surface area contributed by atoms with Gasteiger partial charge in [-0.15, -0.1) is 0 Å². The zero-order chi connectivity index (χ0) is 17.0. The van der Waals surface area contributed by atoms with Gasteiger partial charge in [-0.25, -0.2) is 0 Å². The van der Waals surface area contributed by atoms with Gasteiger partial charge >= 0.3 is 0 Å². The minimum atomic E-state index is 1.09. The molecule has 0 aliphatic heterocycles. The Morgan fingerprint density at radius 2 is 1.17 bits per heavy atom. The van der Waals surface area contributed by atoms with E-state index in [2.05, 4.69) is 13.8 Å². The quantitative estimate of drug-likeness (QED) is 0.332. The van der Waals surface area contributed by atoms with Gasteiger partial charge in [-0.3, -0.25) is 0 Å². The Bertz CT molecular complexity index is 286. The molecule has 0 nitrogen and oxygen atoms in total. The predicted octanol–water partition coefficient (Wildman–Crippen LogP) is 8.54. The first kappa shape index (κ1) is 20.3. The third-order valence-corrected chi connectivity index (χ3v) is 7.31. The predicted molar refractivity (Wildman–Crippen MR) is 108 cm³/mol. The van der Waals surface area contributed by atoms with Gasteiger partial charge in [-0.2, -0.15) is 0 Å². The molecule has 2 aliphatic carbocycles. The Hall–Kier alpha value is 0. The molecule has 2 rings (SSSR count). The average molecular weight is 335 g/mol. The average Bonchev–Trinajstić information content (AvgIpc) is 2.63. The Labute approximate surface area is 153 Å². The molecule has 2 aliphatic rings. The van der Waals surface area contributed by atoms with Crippen molar-refractivity contribution in [3.05, 3.63) is 0 Å². The third-order valence-electron chi connectivity index (χ3n) is 7.31. The molecular weight excluding hydrogens is 288 g/mol. The monoisotopic (exact) mass is 334 g/mol. The maximum Gasteiger partial charge on any atom is -0.0383 e. The van der Waals surface area contributed by atoms with Gasteiger partial charge in [0.25, 0.3) is 0 Å². The Balaban J connectivity index is 1.59. The first-order valence-electron chi connectivity index (χ1n) is 11.8. The van der Waals surface area contributed by atoms with Crippen LogP contribution in [0.5, 0.6) is 0 Å². The summed E-state index contributed by atoms with van der Waals surface area (Å²) in [6, 6.07) is 0. The van der Waals surface area contributed by atoms with E-state index in [1.165, 1.54) is 57.8 Å². The molecule has 0 spiro atoms. The molecule has 2 atom stereocenters. The molecule has 2 fully saturated rings. The molecule has 2 unspecified atom stereocenters. The zero-order valence-electron chi connectivity index (χ0n) is 17.0. The molecule has 0 aromatic carbocycles. The van der Waals surface area contributed by atoms with Crippen molar-refractivity contribution in [1.82, 2.24) is 0 Å². The van der Waals surface area contributed by atoms with Crippen LogP contribution in [0.4, 0.5) is 0 Å². The highest BCUT2D eigenvalue weighted by atomic mass is 14.4. The van der Waals surface area contributed by atoms with E-state index < -0.39 is 0 Å². The lowest BCUT2D eigenvalue weighted by atomic mass is 9.67. The maximum atomic E-state index is 2.34. The Morgan fingerprint density at radius 1 is 0.542 bits per heavy atom. The zero-order valence-corrected chi connectivity index (χ0v) is 17.0. The molecule has 0 aromatic rings. The van der Waals surface area contributed by atoms with Crippen molar-refractivity contribution < 1.29 is 0 Å². The third kappa shape index (κ3) is 7.49. The smallest absolute Gasteiger partial charge is 0.0383 e. The molecule has 0 aromatic heterocycles. The van der Waals surface area contributed by atoms with Crippen molar-refractivity contribution >= 4 is 0 Å². The molecule has 24 heavy (non-hydrogen) atoms. The summed E-state index contributed by atoms with van der Waals surface area (Å²) in [6.07, 6.45) is 27.3. The number of rotatable bonds is 11. The van der Waals surface area contributed by atoms with Gasteiger partial charge in [-0.05, 0) is 42.9 Å². The highest BCUT2D eigenvalue weighted by Gasteiger charge is 2.31. The van der Waals surface area contributed by atoms with Gasteiger partial charge in [0.2, 0.25) is 0 Å². The Morgan fingerprint density at radius 3 is 1.92 bits per heavy atom. The number of hydrogen-bond acceptors (Lipinski definition) is 0. The van der Waals surface area contributed by atoms with Gasteiger partial charge in [0.15, 0.2) is 0 Å². The van der Waals surface area contributed by atoms with E-state index in [1.54, 1.807) is 57.8 Å². The first-order chi connectivity index (χ1) is 11.8. The summed E-state index contributed by atoms with van der Waals surface area (Å²) >= 11 is 0. The van der Waals surface area contributed by atoms with Gasteiger partial charge in [-0.1, -0.05) is 110 Å². The summed E-state index contributed by atoms with van der Waals surface area (Å²) in [5.41, 5.74) is 0. The van der Waals surface area contributed by atoms with E-state index in [1.807, 2.05) is 0 Å². The highest BCUT2D eigenvalue weighted by molar-refractivity contribution is 4.82. The van der Waals surface area contributed by atoms with Crippen LogP contribution in [0, 0.1) is 23.7 Å². The fourth-order valence-corrected chi connectivity index (χ4v) is 5.69. The van der Waals surface area contributed by atoms with Crippen LogP contribution in [0.15, 0.2) is 0 Å². The molecule has 0 radical (unpaired) electrons. The van der Waals surface area contributed by atoms with Crippen LogP contribution in [0.25, 0.3) is 0 Å². The van der Waals surface area contributed by atoms with Crippen LogP contribution >= 0.6 is 0 Å². The molecule has 0 saturated heterocycles. The second-order valence-corrected chi connectivity index (χ2v) is 9.27. The van der Waals surface area contributed by atoms with Crippen LogP contribution in [0.3, 0.4) is 0 Å². The second-order valence-electron chi connectivity index (χ2n) is 9.27. The first-order valence-corrected chi connectivity index (χ1v) is 11.8. The largest absolute Gasteiger partial charge is 0.0654 e. The minimum absolute atomic E-state index is 1.09. The molecule has 0 bridgehead atoms. The summed E-state index contributed by atoms with van der Waals surface area (Å²) in [4.78, 5) is 0. The van der Waals surface area contributed by atoms with E-state index in [9.17, 15) is 0 Å². The lowest BCUT2D eigenvalue weighted by molar-refractivity contribution is 0.132. The SMILES string of the molecule is CCCCCCCC1CCC(C2CCCC(CCCCC)C2)CC1. The second kappa shape index (κ2) is 12.4. The molecule has 142 valence electrons. The summed E-state index contributed by atoms with van der Waals surface area (Å²) in [5, 5.41) is 0. The topological polar surface area (TPSA) is 0 Å². The van der Waals surface area contributed by atoms with Gasteiger partial charge in [0, 0.05) is 0 Å². The van der Waals surface area contributed by atoms with E-state index >= 15 is 0 Å². The molecule has 2 saturated carbocycles. The summed E-state index contributed by atoms with van der Waals surface area (Å²) < 4.78 is 0. The molecule has 0 N–H and O–H groups in total. The number of hydrogen-bond donors (Lipinski definition) is 0. The summed E-state index contributed by atoms with van der Waals surface area (Å²) in [5.74, 6) is 4.39. The molecule has 0 amide bonds. The minimum Gasteiger partial charge on any atom is -0.0654 e. The Kier molecular flexibility index (Phi) is 10.5. The maximum absolute atomic E-state index is 2.34. The number of unbranched alkanes of at least 4 members (excludes halogenated alkanes) is 6. The summed E-state index contributed by atoms with van der Waals surface area (Å²) in [7, 11) is 0. The summed E-state index contributed by atoms with van der Waals surface area (Å²) in [6.45, 7) is 4.66. The highest BCUT2D eigenvalue weighted by Crippen LogP contribution is 2.43. The van der Waals surface area contributed by atoms with E-state index in [0.29, 0.717) is 0 Å². The van der Waals surface area contributed by atoms with Crippen LogP contribution in [-0.4, -0.2) is 0 Å².